The molecule has 0 unspecified atom stereocenters. The van der Waals surface area contributed by atoms with Crippen LogP contribution in [0.1, 0.15) is 0 Å². The average Bonchev–Trinajstić information content (AvgIpc) is 2.67. The topological polar surface area (TPSA) is 29.5 Å². The molecule has 1 N–H and O–H groups in total. The standard InChI is InChI=1S/C8H6BrClF2O.C6H3ClF2O.C2H4Br2/c9-3-4-13-8-6(12)2-1-5(11)7(8)10;7-5-3(8)1-2-4(9)6(5)10;3-1-2-4/h1-2H,3-4H2;1-2,10H;1-2H2. The summed E-state index contributed by atoms with van der Waals surface area (Å²) < 4.78 is 55.2. The molecule has 0 heterocycles. The Labute approximate surface area is 189 Å². The molecule has 0 aliphatic carbocycles. The molecular formula is C16H13Br3Cl2F4O2. The number of rotatable bonds is 4. The first-order chi connectivity index (χ1) is 12.7. The Morgan fingerprint density at radius 1 is 0.741 bits per heavy atom. The first-order valence-corrected chi connectivity index (χ1v) is 11.1. The summed E-state index contributed by atoms with van der Waals surface area (Å²) in [5.74, 6) is -4.19. The highest BCUT2D eigenvalue weighted by atomic mass is 79.9. The van der Waals surface area contributed by atoms with Crippen molar-refractivity contribution in [3.05, 3.63) is 57.6 Å². The Morgan fingerprint density at radius 2 is 1.19 bits per heavy atom. The highest BCUT2D eigenvalue weighted by Crippen LogP contribution is 2.30. The highest BCUT2D eigenvalue weighted by molar-refractivity contribution is 9.12. The van der Waals surface area contributed by atoms with E-state index >= 15 is 0 Å². The van der Waals surface area contributed by atoms with E-state index in [1.807, 2.05) is 0 Å². The van der Waals surface area contributed by atoms with Gasteiger partial charge in [0.2, 0.25) is 0 Å². The minimum Gasteiger partial charge on any atom is -0.504 e. The van der Waals surface area contributed by atoms with Crippen molar-refractivity contribution in [3.63, 3.8) is 0 Å². The van der Waals surface area contributed by atoms with Gasteiger partial charge in [0.05, 0.1) is 6.61 Å². The number of benzene rings is 2. The number of hydrogen-bond donors (Lipinski definition) is 1. The molecule has 2 nitrogen and oxygen atoms in total. The number of ether oxygens (including phenoxy) is 1. The van der Waals surface area contributed by atoms with Gasteiger partial charge in [0.1, 0.15) is 21.7 Å². The summed E-state index contributed by atoms with van der Waals surface area (Å²) in [6.07, 6.45) is 0. The minimum absolute atomic E-state index is 0.235. The van der Waals surface area contributed by atoms with Crippen molar-refractivity contribution in [1.29, 1.82) is 0 Å². The molecule has 152 valence electrons. The van der Waals surface area contributed by atoms with Crippen LogP contribution in [0.25, 0.3) is 0 Å². The number of phenolic OH excluding ortho intramolecular Hbond substituents is 1. The van der Waals surface area contributed by atoms with Crippen molar-refractivity contribution >= 4 is 71.0 Å². The van der Waals surface area contributed by atoms with Crippen molar-refractivity contribution in [1.82, 2.24) is 0 Å². The fourth-order valence-electron chi connectivity index (χ4n) is 1.30. The number of halogens is 9. The SMILES string of the molecule is BrCCBr.Fc1ccc(F)c(OCCBr)c1Cl.Oc1c(F)ccc(F)c1Cl. The highest BCUT2D eigenvalue weighted by Gasteiger charge is 2.12. The summed E-state index contributed by atoms with van der Waals surface area (Å²) in [6, 6.07) is 3.58. The van der Waals surface area contributed by atoms with Gasteiger partial charge in [-0.2, -0.15) is 0 Å². The van der Waals surface area contributed by atoms with E-state index in [4.69, 9.17) is 33.0 Å². The smallest absolute Gasteiger partial charge is 0.176 e. The fourth-order valence-corrected chi connectivity index (χ4v) is 1.82. The summed E-state index contributed by atoms with van der Waals surface area (Å²) >= 11 is 20.1. The van der Waals surface area contributed by atoms with Crippen LogP contribution in [0.3, 0.4) is 0 Å². The summed E-state index contributed by atoms with van der Waals surface area (Å²) in [7, 11) is 0. The first-order valence-electron chi connectivity index (χ1n) is 6.97. The zero-order valence-corrected chi connectivity index (χ0v) is 19.7. The Balaban J connectivity index is 0.000000428. The van der Waals surface area contributed by atoms with Gasteiger partial charge in [0, 0.05) is 16.0 Å². The lowest BCUT2D eigenvalue weighted by Gasteiger charge is -2.07. The van der Waals surface area contributed by atoms with Gasteiger partial charge in [-0.15, -0.1) is 0 Å². The molecule has 0 spiro atoms. The van der Waals surface area contributed by atoms with Crippen LogP contribution in [-0.4, -0.2) is 27.7 Å². The second kappa shape index (κ2) is 14.7. The third-order valence-electron chi connectivity index (χ3n) is 2.42. The molecule has 0 amide bonds. The van der Waals surface area contributed by atoms with Crippen LogP contribution in [0.2, 0.25) is 10.0 Å². The number of alkyl halides is 3. The fraction of sp³-hybridized carbons (Fsp3) is 0.250. The summed E-state index contributed by atoms with van der Waals surface area (Å²) in [6.45, 7) is 0.236. The van der Waals surface area contributed by atoms with Gasteiger partial charge in [-0.25, -0.2) is 17.6 Å². The van der Waals surface area contributed by atoms with Crippen LogP contribution in [-0.2, 0) is 0 Å². The van der Waals surface area contributed by atoms with Gasteiger partial charge in [0.25, 0.3) is 0 Å². The summed E-state index contributed by atoms with van der Waals surface area (Å²) in [5.41, 5.74) is 0. The van der Waals surface area contributed by atoms with E-state index in [1.165, 1.54) is 0 Å². The number of aromatic hydroxyl groups is 1. The molecule has 0 atom stereocenters. The molecule has 11 heteroatoms. The monoisotopic (exact) mass is 620 g/mol. The van der Waals surface area contributed by atoms with E-state index in [2.05, 4.69) is 47.8 Å². The van der Waals surface area contributed by atoms with E-state index in [-0.39, 0.29) is 17.4 Å². The molecule has 0 saturated heterocycles. The van der Waals surface area contributed by atoms with Crippen molar-refractivity contribution in [2.45, 2.75) is 0 Å². The Bertz CT molecular complexity index is 696. The lowest BCUT2D eigenvalue weighted by atomic mass is 10.3. The quantitative estimate of drug-likeness (QED) is 0.217. The molecule has 0 aliphatic heterocycles. The maximum Gasteiger partial charge on any atom is 0.176 e. The molecule has 2 rings (SSSR count). The second-order valence-electron chi connectivity index (χ2n) is 4.28. The van der Waals surface area contributed by atoms with Crippen LogP contribution < -0.4 is 4.74 Å². The van der Waals surface area contributed by atoms with Crippen molar-refractivity contribution in [2.75, 3.05) is 22.6 Å². The third-order valence-corrected chi connectivity index (χ3v) is 5.31. The second-order valence-corrected chi connectivity index (χ2v) is 7.41. The maximum absolute atomic E-state index is 13.0. The average molecular weight is 624 g/mol. The predicted octanol–water partition coefficient (Wildman–Crippen LogP) is 7.49. The lowest BCUT2D eigenvalue weighted by molar-refractivity contribution is 0.324. The normalized spacial score (nSPS) is 9.67. The molecule has 0 aromatic heterocycles. The van der Waals surface area contributed by atoms with E-state index in [1.54, 1.807) is 0 Å². The largest absolute Gasteiger partial charge is 0.504 e. The van der Waals surface area contributed by atoms with Gasteiger partial charge in [0.15, 0.2) is 23.1 Å². The van der Waals surface area contributed by atoms with Gasteiger partial charge >= 0.3 is 0 Å². The molecule has 0 fully saturated rings. The van der Waals surface area contributed by atoms with E-state index in [9.17, 15) is 17.6 Å². The van der Waals surface area contributed by atoms with Gasteiger partial charge in [-0.05, 0) is 24.3 Å². The first kappa shape index (κ1) is 26.8. The summed E-state index contributed by atoms with van der Waals surface area (Å²) in [5, 5.41) is 10.4. The van der Waals surface area contributed by atoms with E-state index < -0.39 is 34.0 Å². The maximum atomic E-state index is 13.0. The molecule has 0 aliphatic rings. The molecule has 2 aromatic carbocycles. The Kier molecular flexibility index (Phi) is 14.6. The predicted molar refractivity (Wildman–Crippen MR) is 111 cm³/mol. The van der Waals surface area contributed by atoms with Crippen LogP contribution in [0.5, 0.6) is 11.5 Å². The molecule has 0 radical (unpaired) electrons. The zero-order chi connectivity index (χ0) is 21.0. The Hall–Kier alpha value is -0.220. The Morgan fingerprint density at radius 3 is 1.63 bits per heavy atom. The van der Waals surface area contributed by atoms with Crippen LogP contribution in [0.4, 0.5) is 17.6 Å². The van der Waals surface area contributed by atoms with Gasteiger partial charge in [-0.1, -0.05) is 71.0 Å². The molecule has 0 saturated carbocycles. The zero-order valence-electron chi connectivity index (χ0n) is 13.4. The number of phenols is 1. The van der Waals surface area contributed by atoms with E-state index in [0.29, 0.717) is 5.33 Å². The van der Waals surface area contributed by atoms with Crippen molar-refractivity contribution in [3.8, 4) is 11.5 Å². The summed E-state index contributed by atoms with van der Waals surface area (Å²) in [4.78, 5) is 0. The van der Waals surface area contributed by atoms with E-state index in [0.717, 1.165) is 34.9 Å². The van der Waals surface area contributed by atoms with Crippen LogP contribution in [0.15, 0.2) is 24.3 Å². The van der Waals surface area contributed by atoms with Crippen molar-refractivity contribution in [2.24, 2.45) is 0 Å². The lowest BCUT2D eigenvalue weighted by Crippen LogP contribution is -2.01. The van der Waals surface area contributed by atoms with Crippen LogP contribution in [0, 0.1) is 23.3 Å². The molecular weight excluding hydrogens is 611 g/mol. The number of hydrogen-bond acceptors (Lipinski definition) is 2. The van der Waals surface area contributed by atoms with Gasteiger partial charge < -0.3 is 9.84 Å². The molecule has 2 aromatic rings. The van der Waals surface area contributed by atoms with Crippen LogP contribution >= 0.6 is 71.0 Å². The third kappa shape index (κ3) is 9.69. The molecule has 27 heavy (non-hydrogen) atoms. The molecule has 0 bridgehead atoms. The minimum atomic E-state index is -0.925. The van der Waals surface area contributed by atoms with Gasteiger partial charge in [-0.3, -0.25) is 0 Å². The van der Waals surface area contributed by atoms with Crippen molar-refractivity contribution < 1.29 is 27.4 Å².